The molecule has 0 heterocycles. The van der Waals surface area contributed by atoms with E-state index >= 15 is 0 Å². The average Bonchev–Trinajstić information content (AvgIpc) is 3.60. The van der Waals surface area contributed by atoms with Crippen LogP contribution in [0.3, 0.4) is 0 Å². The lowest BCUT2D eigenvalue weighted by Crippen LogP contribution is -2.41. The van der Waals surface area contributed by atoms with Gasteiger partial charge in [0.2, 0.25) is 5.91 Å². The van der Waals surface area contributed by atoms with Gasteiger partial charge in [-0.1, -0.05) is 42.5 Å². The quantitative estimate of drug-likeness (QED) is 0.194. The number of ether oxygens (including phenoxy) is 1. The first-order chi connectivity index (χ1) is 14.2. The number of nitrogens with zero attached hydrogens (tertiary/aromatic N) is 1. The molecule has 1 aliphatic rings. The van der Waals surface area contributed by atoms with Gasteiger partial charge in [0, 0.05) is 25.6 Å². The fourth-order valence-electron chi connectivity index (χ4n) is 2.79. The third-order valence-corrected chi connectivity index (χ3v) is 4.60. The maximum absolute atomic E-state index is 11.6. The van der Waals surface area contributed by atoms with Gasteiger partial charge in [-0.25, -0.2) is 4.99 Å². The summed E-state index contributed by atoms with van der Waals surface area (Å²) in [5, 5.41) is 9.44. The summed E-state index contributed by atoms with van der Waals surface area (Å²) in [6, 6.07) is 18.1. The van der Waals surface area contributed by atoms with Crippen molar-refractivity contribution < 1.29 is 9.53 Å². The Morgan fingerprint density at radius 3 is 2.30 bits per heavy atom. The van der Waals surface area contributed by atoms with Crippen LogP contribution >= 0.6 is 24.0 Å². The molecule has 3 N–H and O–H groups in total. The van der Waals surface area contributed by atoms with Gasteiger partial charge in [0.15, 0.2) is 5.96 Å². The molecule has 2 aromatic carbocycles. The molecule has 0 saturated heterocycles. The van der Waals surface area contributed by atoms with Crippen LogP contribution in [0, 0.1) is 5.92 Å². The fourth-order valence-corrected chi connectivity index (χ4v) is 2.79. The van der Waals surface area contributed by atoms with E-state index in [4.69, 9.17) is 4.74 Å². The lowest BCUT2D eigenvalue weighted by Gasteiger charge is -2.12. The van der Waals surface area contributed by atoms with Crippen molar-refractivity contribution in [1.29, 1.82) is 0 Å². The van der Waals surface area contributed by atoms with Crippen molar-refractivity contribution >= 4 is 35.8 Å². The maximum Gasteiger partial charge on any atom is 0.223 e. The van der Waals surface area contributed by atoms with Gasteiger partial charge in [0.25, 0.3) is 0 Å². The number of guanidine groups is 1. The zero-order valence-electron chi connectivity index (χ0n) is 17.4. The molecule has 0 atom stereocenters. The second kappa shape index (κ2) is 13.1. The third kappa shape index (κ3) is 8.61. The van der Waals surface area contributed by atoms with Crippen LogP contribution in [0.15, 0.2) is 59.6 Å². The molecule has 0 unspecified atom stereocenters. The maximum atomic E-state index is 11.6. The highest BCUT2D eigenvalue weighted by atomic mass is 127. The highest BCUT2D eigenvalue weighted by Crippen LogP contribution is 2.28. The number of para-hydroxylation sites is 1. The molecule has 1 amide bonds. The lowest BCUT2D eigenvalue weighted by atomic mass is 10.1. The Hall–Kier alpha value is -2.29. The van der Waals surface area contributed by atoms with E-state index in [0.29, 0.717) is 26.2 Å². The lowest BCUT2D eigenvalue weighted by molar-refractivity contribution is -0.122. The number of amides is 1. The summed E-state index contributed by atoms with van der Waals surface area (Å²) >= 11 is 0. The summed E-state index contributed by atoms with van der Waals surface area (Å²) in [7, 11) is 0. The molecule has 2 aromatic rings. The number of benzene rings is 2. The second-order valence-corrected chi connectivity index (χ2v) is 7.11. The van der Waals surface area contributed by atoms with Crippen LogP contribution in [0.4, 0.5) is 0 Å². The first kappa shape index (κ1) is 24.0. The van der Waals surface area contributed by atoms with Crippen LogP contribution < -0.4 is 20.7 Å². The monoisotopic (exact) mass is 522 g/mol. The van der Waals surface area contributed by atoms with Crippen molar-refractivity contribution in [3.05, 3.63) is 65.7 Å². The average molecular weight is 522 g/mol. The predicted molar refractivity (Wildman–Crippen MR) is 131 cm³/mol. The molecular formula is C23H31IN4O2. The van der Waals surface area contributed by atoms with E-state index in [1.54, 1.807) is 0 Å². The molecular weight excluding hydrogens is 491 g/mol. The van der Waals surface area contributed by atoms with Crippen LogP contribution in [0.2, 0.25) is 0 Å². The first-order valence-corrected chi connectivity index (χ1v) is 10.3. The number of rotatable bonds is 10. The molecule has 7 heteroatoms. The van der Waals surface area contributed by atoms with E-state index in [1.165, 1.54) is 0 Å². The molecule has 1 aliphatic carbocycles. The number of hydrogen-bond donors (Lipinski definition) is 3. The molecule has 0 aliphatic heterocycles. The Bertz CT molecular complexity index is 793. The minimum atomic E-state index is 0. The molecule has 1 saturated carbocycles. The molecule has 6 nitrogen and oxygen atoms in total. The van der Waals surface area contributed by atoms with Gasteiger partial charge in [0.05, 0.1) is 6.54 Å². The highest BCUT2D eigenvalue weighted by molar-refractivity contribution is 14.0. The molecule has 30 heavy (non-hydrogen) atoms. The zero-order valence-corrected chi connectivity index (χ0v) is 19.7. The summed E-state index contributed by atoms with van der Waals surface area (Å²) in [5.74, 6) is 2.04. The molecule has 0 aromatic heterocycles. The van der Waals surface area contributed by atoms with E-state index in [9.17, 15) is 4.79 Å². The van der Waals surface area contributed by atoms with Gasteiger partial charge in [-0.3, -0.25) is 4.79 Å². The van der Waals surface area contributed by atoms with Gasteiger partial charge in [-0.05, 0) is 43.0 Å². The number of aliphatic imine (C=N–C) groups is 1. The Morgan fingerprint density at radius 2 is 1.63 bits per heavy atom. The number of nitrogens with one attached hydrogen (secondary N) is 3. The number of halogens is 1. The van der Waals surface area contributed by atoms with E-state index < -0.39 is 0 Å². The Balaban J connectivity index is 0.00000320. The van der Waals surface area contributed by atoms with Crippen LogP contribution in [0.5, 0.6) is 5.75 Å². The van der Waals surface area contributed by atoms with Crippen molar-refractivity contribution in [3.8, 4) is 5.75 Å². The molecule has 1 fully saturated rings. The Labute approximate surface area is 195 Å². The van der Waals surface area contributed by atoms with Crippen molar-refractivity contribution in [1.82, 2.24) is 16.0 Å². The molecule has 3 rings (SSSR count). The van der Waals surface area contributed by atoms with E-state index in [2.05, 4.69) is 45.2 Å². The second-order valence-electron chi connectivity index (χ2n) is 7.11. The van der Waals surface area contributed by atoms with Crippen LogP contribution in [0.1, 0.15) is 30.9 Å². The summed E-state index contributed by atoms with van der Waals surface area (Å²) < 4.78 is 5.77. The fraction of sp³-hybridized carbons (Fsp3) is 0.391. The third-order valence-electron chi connectivity index (χ3n) is 4.60. The smallest absolute Gasteiger partial charge is 0.223 e. The van der Waals surface area contributed by atoms with Crippen molar-refractivity contribution in [3.63, 3.8) is 0 Å². The molecule has 0 bridgehead atoms. The first-order valence-electron chi connectivity index (χ1n) is 10.3. The molecule has 0 radical (unpaired) electrons. The molecule has 162 valence electrons. The van der Waals surface area contributed by atoms with Crippen LogP contribution in [-0.4, -0.2) is 31.5 Å². The van der Waals surface area contributed by atoms with Crippen LogP contribution in [0.25, 0.3) is 0 Å². The topological polar surface area (TPSA) is 74.8 Å². The normalized spacial score (nSPS) is 13.2. The number of hydrogen-bond acceptors (Lipinski definition) is 3. The van der Waals surface area contributed by atoms with Gasteiger partial charge in [-0.2, -0.15) is 0 Å². The van der Waals surface area contributed by atoms with E-state index in [1.807, 2.05) is 37.3 Å². The minimum absolute atomic E-state index is 0. The SMILES string of the molecule is CCNC(=NCc1ccc(COc2ccccc2)cc1)NCCNC(=O)C1CC1.I. The van der Waals surface area contributed by atoms with Gasteiger partial charge >= 0.3 is 0 Å². The van der Waals surface area contributed by atoms with Crippen molar-refractivity contribution in [2.75, 3.05) is 19.6 Å². The van der Waals surface area contributed by atoms with Gasteiger partial charge in [-0.15, -0.1) is 24.0 Å². The molecule has 0 spiro atoms. The van der Waals surface area contributed by atoms with Crippen molar-refractivity contribution in [2.45, 2.75) is 32.9 Å². The van der Waals surface area contributed by atoms with Crippen molar-refractivity contribution in [2.24, 2.45) is 10.9 Å². The zero-order chi connectivity index (χ0) is 20.3. The van der Waals surface area contributed by atoms with E-state index in [0.717, 1.165) is 42.2 Å². The summed E-state index contributed by atoms with van der Waals surface area (Å²) in [6.07, 6.45) is 2.06. The predicted octanol–water partition coefficient (Wildman–Crippen LogP) is 3.46. The summed E-state index contributed by atoms with van der Waals surface area (Å²) in [5.41, 5.74) is 2.26. The largest absolute Gasteiger partial charge is 0.489 e. The summed E-state index contributed by atoms with van der Waals surface area (Å²) in [6.45, 7) is 5.22. The standard InChI is InChI=1S/C23H30N4O2.HI/c1-2-24-23(26-15-14-25-22(28)20-12-13-20)27-16-18-8-10-19(11-9-18)17-29-21-6-4-3-5-7-21;/h3-11,20H,2,12-17H2,1H3,(H,25,28)(H2,24,26,27);1H. The number of carbonyl (C=O) groups is 1. The van der Waals surface area contributed by atoms with Crippen LogP contribution in [-0.2, 0) is 17.9 Å². The Kier molecular flexibility index (Phi) is 10.5. The summed E-state index contributed by atoms with van der Waals surface area (Å²) in [4.78, 5) is 16.3. The van der Waals surface area contributed by atoms with Gasteiger partial charge in [0.1, 0.15) is 12.4 Å². The number of carbonyl (C=O) groups excluding carboxylic acids is 1. The Morgan fingerprint density at radius 1 is 0.967 bits per heavy atom. The van der Waals surface area contributed by atoms with Gasteiger partial charge < -0.3 is 20.7 Å². The highest BCUT2D eigenvalue weighted by Gasteiger charge is 2.28. The minimum Gasteiger partial charge on any atom is -0.489 e. The van der Waals surface area contributed by atoms with E-state index in [-0.39, 0.29) is 35.8 Å².